The first-order chi connectivity index (χ1) is 10.6. The van der Waals surface area contributed by atoms with Gasteiger partial charge in [-0.05, 0) is 52.3 Å². The van der Waals surface area contributed by atoms with Gasteiger partial charge in [0.05, 0.1) is 23.8 Å². The maximum absolute atomic E-state index is 11.6. The summed E-state index contributed by atoms with van der Waals surface area (Å²) in [6, 6.07) is 13.3. The number of halogens is 1. The minimum atomic E-state index is -0.491. The van der Waals surface area contributed by atoms with Crippen LogP contribution in [0.2, 0.25) is 0 Å². The number of ether oxygens (including phenoxy) is 2. The Morgan fingerprint density at radius 1 is 1.05 bits per heavy atom. The van der Waals surface area contributed by atoms with Crippen molar-refractivity contribution >= 4 is 21.9 Å². The number of hydrogen-bond donors (Lipinski definition) is 0. The van der Waals surface area contributed by atoms with E-state index in [1.54, 1.807) is 18.2 Å². The fraction of sp³-hybridized carbons (Fsp3) is 0.0625. The molecule has 2 rings (SSSR count). The van der Waals surface area contributed by atoms with E-state index in [9.17, 15) is 4.79 Å². The van der Waals surface area contributed by atoms with E-state index in [1.165, 1.54) is 25.3 Å². The Labute approximate surface area is 135 Å². The number of rotatable bonds is 3. The van der Waals surface area contributed by atoms with Crippen LogP contribution in [-0.4, -0.2) is 13.1 Å². The first-order valence-corrected chi connectivity index (χ1v) is 6.88. The van der Waals surface area contributed by atoms with Crippen LogP contribution >= 0.6 is 15.9 Å². The Kier molecular flexibility index (Phi) is 4.77. The maximum Gasteiger partial charge on any atom is 0.339 e. The van der Waals surface area contributed by atoms with E-state index in [0.717, 1.165) is 0 Å². The Hall–Kier alpha value is -2.83. The first kappa shape index (κ1) is 15.6. The van der Waals surface area contributed by atoms with Gasteiger partial charge in [-0.3, -0.25) is 0 Å². The van der Waals surface area contributed by atoms with Gasteiger partial charge in [0.25, 0.3) is 0 Å². The molecule has 0 fully saturated rings. The summed E-state index contributed by atoms with van der Waals surface area (Å²) < 4.78 is 10.9. The summed E-state index contributed by atoms with van der Waals surface area (Å²) >= 11 is 3.26. The largest absolute Gasteiger partial charge is 0.465 e. The van der Waals surface area contributed by atoms with Crippen LogP contribution in [-0.2, 0) is 4.74 Å². The predicted octanol–water partition coefficient (Wildman–Crippen LogP) is 3.77. The molecule has 0 atom stereocenters. The molecule has 108 valence electrons. The molecule has 0 aliphatic heterocycles. The zero-order chi connectivity index (χ0) is 16.1. The highest BCUT2D eigenvalue weighted by Crippen LogP contribution is 2.28. The fourth-order valence-electron chi connectivity index (χ4n) is 1.75. The van der Waals surface area contributed by atoms with Gasteiger partial charge >= 0.3 is 5.97 Å². The summed E-state index contributed by atoms with van der Waals surface area (Å²) in [6.07, 6.45) is 0. The molecule has 0 saturated heterocycles. The van der Waals surface area contributed by atoms with Crippen LogP contribution in [0, 0.1) is 22.7 Å². The van der Waals surface area contributed by atoms with E-state index >= 15 is 0 Å². The number of hydrogen-bond acceptors (Lipinski definition) is 5. The van der Waals surface area contributed by atoms with E-state index in [4.69, 9.17) is 15.3 Å². The summed E-state index contributed by atoms with van der Waals surface area (Å²) in [6.45, 7) is 0. The molecule has 0 radical (unpaired) electrons. The standard InChI is InChI=1S/C16H9BrN2O3/c1-21-16(20)14-7-13(4-5-15(14)17)22-12-3-2-10(8-18)11(6-12)9-19/h2-7H,1H3. The van der Waals surface area contributed by atoms with Gasteiger partial charge in [-0.1, -0.05) is 0 Å². The van der Waals surface area contributed by atoms with Crippen LogP contribution in [0.1, 0.15) is 21.5 Å². The van der Waals surface area contributed by atoms with Gasteiger partial charge in [-0.25, -0.2) is 4.79 Å². The highest BCUT2D eigenvalue weighted by atomic mass is 79.9. The number of esters is 1. The number of nitriles is 2. The Bertz CT molecular complexity index is 819. The second kappa shape index (κ2) is 6.75. The molecule has 6 heteroatoms. The zero-order valence-electron chi connectivity index (χ0n) is 11.5. The van der Waals surface area contributed by atoms with E-state index in [1.807, 2.05) is 12.1 Å². The molecule has 22 heavy (non-hydrogen) atoms. The lowest BCUT2D eigenvalue weighted by atomic mass is 10.1. The molecule has 0 aliphatic carbocycles. The van der Waals surface area contributed by atoms with Crippen molar-refractivity contribution in [2.75, 3.05) is 7.11 Å². The van der Waals surface area contributed by atoms with Crippen molar-refractivity contribution in [2.45, 2.75) is 0 Å². The van der Waals surface area contributed by atoms with Crippen molar-refractivity contribution in [3.63, 3.8) is 0 Å². The van der Waals surface area contributed by atoms with Gasteiger partial charge in [0, 0.05) is 4.47 Å². The van der Waals surface area contributed by atoms with Gasteiger partial charge < -0.3 is 9.47 Å². The third-order valence-electron chi connectivity index (χ3n) is 2.81. The van der Waals surface area contributed by atoms with Crippen LogP contribution in [0.5, 0.6) is 11.5 Å². The van der Waals surface area contributed by atoms with Gasteiger partial charge in [-0.2, -0.15) is 10.5 Å². The summed E-state index contributed by atoms with van der Waals surface area (Å²) in [5, 5.41) is 17.9. The second-order valence-electron chi connectivity index (χ2n) is 4.17. The lowest BCUT2D eigenvalue weighted by molar-refractivity contribution is 0.0599. The molecular weight excluding hydrogens is 348 g/mol. The van der Waals surface area contributed by atoms with Crippen LogP contribution in [0.3, 0.4) is 0 Å². The molecule has 5 nitrogen and oxygen atoms in total. The van der Waals surface area contributed by atoms with Crippen LogP contribution in [0.4, 0.5) is 0 Å². The minimum absolute atomic E-state index is 0.227. The predicted molar refractivity (Wildman–Crippen MR) is 81.4 cm³/mol. The van der Waals surface area contributed by atoms with E-state index < -0.39 is 5.97 Å². The zero-order valence-corrected chi connectivity index (χ0v) is 13.0. The molecule has 0 aromatic heterocycles. The van der Waals surface area contributed by atoms with Gasteiger partial charge in [0.2, 0.25) is 0 Å². The minimum Gasteiger partial charge on any atom is -0.465 e. The summed E-state index contributed by atoms with van der Waals surface area (Å²) in [4.78, 5) is 11.6. The highest BCUT2D eigenvalue weighted by Gasteiger charge is 2.12. The molecular formula is C16H9BrN2O3. The summed E-state index contributed by atoms with van der Waals surface area (Å²) in [7, 11) is 1.29. The van der Waals surface area contributed by atoms with E-state index in [0.29, 0.717) is 21.5 Å². The normalized spacial score (nSPS) is 9.45. The topological polar surface area (TPSA) is 83.1 Å². The maximum atomic E-state index is 11.6. The van der Waals surface area contributed by atoms with Crippen LogP contribution < -0.4 is 4.74 Å². The summed E-state index contributed by atoms with van der Waals surface area (Å²) in [5.41, 5.74) is 0.834. The number of methoxy groups -OCH3 is 1. The average Bonchev–Trinajstić information content (AvgIpc) is 2.55. The molecule has 0 bridgehead atoms. The van der Waals surface area contributed by atoms with Crippen molar-refractivity contribution in [1.82, 2.24) is 0 Å². The second-order valence-corrected chi connectivity index (χ2v) is 5.02. The molecule has 2 aromatic rings. The summed E-state index contributed by atoms with van der Waals surface area (Å²) in [5.74, 6) is 0.320. The van der Waals surface area contributed by atoms with Gasteiger partial charge in [0.15, 0.2) is 0 Å². The quantitative estimate of drug-likeness (QED) is 0.781. The van der Waals surface area contributed by atoms with Crippen molar-refractivity contribution < 1.29 is 14.3 Å². The molecule has 0 heterocycles. The number of benzene rings is 2. The van der Waals surface area contributed by atoms with Gasteiger partial charge in [0.1, 0.15) is 23.6 Å². The van der Waals surface area contributed by atoms with Crippen LogP contribution in [0.25, 0.3) is 0 Å². The monoisotopic (exact) mass is 356 g/mol. The molecule has 0 N–H and O–H groups in total. The molecule has 0 amide bonds. The Morgan fingerprint density at radius 2 is 1.68 bits per heavy atom. The van der Waals surface area contributed by atoms with Crippen LogP contribution in [0.15, 0.2) is 40.9 Å². The molecule has 0 saturated carbocycles. The third-order valence-corrected chi connectivity index (χ3v) is 3.50. The highest BCUT2D eigenvalue weighted by molar-refractivity contribution is 9.10. The average molecular weight is 357 g/mol. The lowest BCUT2D eigenvalue weighted by Gasteiger charge is -2.09. The number of carbonyl (C=O) groups excluding carboxylic acids is 1. The molecule has 0 aliphatic rings. The van der Waals surface area contributed by atoms with E-state index in [-0.39, 0.29) is 11.1 Å². The van der Waals surface area contributed by atoms with Gasteiger partial charge in [-0.15, -0.1) is 0 Å². The Morgan fingerprint density at radius 3 is 2.32 bits per heavy atom. The van der Waals surface area contributed by atoms with E-state index in [2.05, 4.69) is 20.7 Å². The number of carbonyl (C=O) groups is 1. The first-order valence-electron chi connectivity index (χ1n) is 6.09. The SMILES string of the molecule is COC(=O)c1cc(Oc2ccc(C#N)c(C#N)c2)ccc1Br. The smallest absolute Gasteiger partial charge is 0.339 e. The molecule has 0 unspecified atom stereocenters. The third kappa shape index (κ3) is 3.25. The van der Waals surface area contributed by atoms with Crippen molar-refractivity contribution in [3.8, 4) is 23.6 Å². The fourth-order valence-corrected chi connectivity index (χ4v) is 2.16. The molecule has 0 spiro atoms. The van der Waals surface area contributed by atoms with Crippen molar-refractivity contribution in [3.05, 3.63) is 57.6 Å². The molecule has 2 aromatic carbocycles. The van der Waals surface area contributed by atoms with Crippen molar-refractivity contribution in [2.24, 2.45) is 0 Å². The Balaban J connectivity index is 2.34. The number of nitrogens with zero attached hydrogens (tertiary/aromatic N) is 2. The lowest BCUT2D eigenvalue weighted by Crippen LogP contribution is -2.02. The van der Waals surface area contributed by atoms with Crippen molar-refractivity contribution in [1.29, 1.82) is 10.5 Å².